The Kier molecular flexibility index (Phi) is 7.05. The maximum Gasteiger partial charge on any atom is 0.573 e. The van der Waals surface area contributed by atoms with E-state index in [-0.39, 0.29) is 17.8 Å². The van der Waals surface area contributed by atoms with Gasteiger partial charge in [0.25, 0.3) is 0 Å². The van der Waals surface area contributed by atoms with Crippen LogP contribution in [0, 0.1) is 11.8 Å². The highest BCUT2D eigenvalue weighted by Crippen LogP contribution is 2.51. The molecule has 2 fully saturated rings. The van der Waals surface area contributed by atoms with Crippen molar-refractivity contribution in [3.8, 4) is 5.75 Å². The summed E-state index contributed by atoms with van der Waals surface area (Å²) in [4.78, 5) is 0. The first-order valence-electron chi connectivity index (χ1n) is 10.5. The molecule has 0 N–H and O–H groups in total. The van der Waals surface area contributed by atoms with Crippen LogP contribution in [0.25, 0.3) is 0 Å². The Bertz CT molecular complexity index is 621. The van der Waals surface area contributed by atoms with Crippen molar-refractivity contribution in [3.05, 3.63) is 42.0 Å². The van der Waals surface area contributed by atoms with Gasteiger partial charge in [-0.25, -0.2) is 0 Å². The molecule has 0 bridgehead atoms. The normalized spacial score (nSPS) is 25.7. The number of hydrogen-bond donors (Lipinski definition) is 0. The Balaban J connectivity index is 1.73. The van der Waals surface area contributed by atoms with Gasteiger partial charge in [-0.2, -0.15) is 0 Å². The molecule has 0 aliphatic heterocycles. The molecule has 0 saturated heterocycles. The number of benzene rings is 1. The van der Waals surface area contributed by atoms with Gasteiger partial charge in [-0.15, -0.1) is 13.2 Å². The van der Waals surface area contributed by atoms with Crippen LogP contribution in [0.5, 0.6) is 5.75 Å². The van der Waals surface area contributed by atoms with Crippen LogP contribution in [0.1, 0.15) is 69.8 Å². The lowest BCUT2D eigenvalue weighted by Crippen LogP contribution is -2.39. The smallest absolute Gasteiger partial charge is 0.406 e. The Morgan fingerprint density at radius 3 is 2.18 bits per heavy atom. The van der Waals surface area contributed by atoms with Gasteiger partial charge in [0.1, 0.15) is 5.75 Å². The molecule has 1 aromatic rings. The minimum atomic E-state index is -4.65. The Labute approximate surface area is 165 Å². The summed E-state index contributed by atoms with van der Waals surface area (Å²) in [7, 11) is 0. The van der Waals surface area contributed by atoms with Crippen molar-refractivity contribution in [3.63, 3.8) is 0 Å². The summed E-state index contributed by atoms with van der Waals surface area (Å²) >= 11 is 0. The first kappa shape index (κ1) is 21.2. The lowest BCUT2D eigenvalue weighted by Gasteiger charge is -2.47. The zero-order valence-electron chi connectivity index (χ0n) is 16.3. The molecule has 156 valence electrons. The van der Waals surface area contributed by atoms with Gasteiger partial charge >= 0.3 is 6.36 Å². The van der Waals surface area contributed by atoms with Crippen molar-refractivity contribution >= 4 is 0 Å². The molecule has 28 heavy (non-hydrogen) atoms. The fourth-order valence-corrected chi connectivity index (χ4v) is 5.32. The molecule has 0 heterocycles. The zero-order chi connectivity index (χ0) is 20.0. The third-order valence-corrected chi connectivity index (χ3v) is 6.65. The maximum absolute atomic E-state index is 12.5. The second kappa shape index (κ2) is 9.32. The second-order valence-corrected chi connectivity index (χ2v) is 8.31. The van der Waals surface area contributed by atoms with Crippen LogP contribution in [-0.4, -0.2) is 13.0 Å². The number of halogens is 4. The Hall–Kier alpha value is -1.52. The zero-order valence-corrected chi connectivity index (χ0v) is 16.3. The van der Waals surface area contributed by atoms with Crippen molar-refractivity contribution in [2.45, 2.75) is 76.0 Å². The highest BCUT2D eigenvalue weighted by molar-refractivity contribution is 5.34. The molecule has 0 unspecified atom stereocenters. The molecule has 0 atom stereocenters. The lowest BCUT2D eigenvalue weighted by atomic mass is 9.58. The van der Waals surface area contributed by atoms with E-state index in [1.807, 2.05) is 18.2 Å². The Morgan fingerprint density at radius 2 is 1.61 bits per heavy atom. The van der Waals surface area contributed by atoms with E-state index < -0.39 is 6.36 Å². The quantitative estimate of drug-likeness (QED) is 0.356. The average Bonchev–Trinajstić information content (AvgIpc) is 2.69. The SMILES string of the molecule is FCCC=CC1CCC(C2(c3ccc(OC(F)(F)F)cc3)CCCCC2)CC1. The van der Waals surface area contributed by atoms with Gasteiger partial charge in [0, 0.05) is 0 Å². The lowest BCUT2D eigenvalue weighted by molar-refractivity contribution is -0.274. The molecular weight excluding hydrogens is 368 g/mol. The molecule has 0 radical (unpaired) electrons. The summed E-state index contributed by atoms with van der Waals surface area (Å²) in [5.41, 5.74) is 1.24. The van der Waals surface area contributed by atoms with Gasteiger partial charge in [0.15, 0.2) is 0 Å². The van der Waals surface area contributed by atoms with E-state index in [0.717, 1.165) is 44.1 Å². The molecule has 0 aromatic heterocycles. The number of allylic oxidation sites excluding steroid dienone is 2. The van der Waals surface area contributed by atoms with E-state index in [9.17, 15) is 17.6 Å². The van der Waals surface area contributed by atoms with Crippen LogP contribution >= 0.6 is 0 Å². The summed E-state index contributed by atoms with van der Waals surface area (Å²) in [6.07, 6.45) is 10.3. The van der Waals surface area contributed by atoms with Crippen molar-refractivity contribution in [1.82, 2.24) is 0 Å². The Morgan fingerprint density at radius 1 is 0.964 bits per heavy atom. The maximum atomic E-state index is 12.5. The largest absolute Gasteiger partial charge is 0.573 e. The van der Waals surface area contributed by atoms with E-state index >= 15 is 0 Å². The number of rotatable bonds is 6. The molecule has 2 aliphatic carbocycles. The summed E-state index contributed by atoms with van der Waals surface area (Å²) in [6.45, 7) is -0.303. The summed E-state index contributed by atoms with van der Waals surface area (Å²) in [5, 5.41) is 0. The first-order valence-corrected chi connectivity index (χ1v) is 10.5. The van der Waals surface area contributed by atoms with E-state index in [1.54, 1.807) is 0 Å². The molecule has 2 saturated carbocycles. The van der Waals surface area contributed by atoms with Crippen molar-refractivity contribution < 1.29 is 22.3 Å². The van der Waals surface area contributed by atoms with Crippen LogP contribution in [0.3, 0.4) is 0 Å². The van der Waals surface area contributed by atoms with Crippen LogP contribution in [0.4, 0.5) is 17.6 Å². The molecule has 0 spiro atoms. The van der Waals surface area contributed by atoms with Gasteiger partial charge < -0.3 is 4.74 Å². The van der Waals surface area contributed by atoms with Crippen LogP contribution in [0.15, 0.2) is 36.4 Å². The number of alkyl halides is 4. The van der Waals surface area contributed by atoms with E-state index in [0.29, 0.717) is 18.3 Å². The molecule has 0 amide bonds. The minimum Gasteiger partial charge on any atom is -0.406 e. The van der Waals surface area contributed by atoms with E-state index in [1.165, 1.54) is 31.4 Å². The third-order valence-electron chi connectivity index (χ3n) is 6.65. The van der Waals surface area contributed by atoms with Gasteiger partial charge in [-0.3, -0.25) is 4.39 Å². The predicted octanol–water partition coefficient (Wildman–Crippen LogP) is 7.51. The van der Waals surface area contributed by atoms with E-state index in [2.05, 4.69) is 10.8 Å². The van der Waals surface area contributed by atoms with Crippen molar-refractivity contribution in [2.75, 3.05) is 6.67 Å². The highest BCUT2D eigenvalue weighted by Gasteiger charge is 2.42. The summed E-state index contributed by atoms with van der Waals surface area (Å²) in [6, 6.07) is 6.62. The molecule has 1 nitrogen and oxygen atoms in total. The number of hydrogen-bond acceptors (Lipinski definition) is 1. The summed E-state index contributed by atoms with van der Waals surface area (Å²) in [5.74, 6) is 0.947. The van der Waals surface area contributed by atoms with Crippen LogP contribution in [-0.2, 0) is 5.41 Å². The van der Waals surface area contributed by atoms with Gasteiger partial charge in [-0.05, 0) is 79.9 Å². The fourth-order valence-electron chi connectivity index (χ4n) is 5.32. The third kappa shape index (κ3) is 5.30. The highest BCUT2D eigenvalue weighted by atomic mass is 19.4. The molecule has 2 aliphatic rings. The minimum absolute atomic E-state index is 0.0721. The monoisotopic (exact) mass is 398 g/mol. The van der Waals surface area contributed by atoms with Crippen LogP contribution < -0.4 is 4.74 Å². The van der Waals surface area contributed by atoms with Gasteiger partial charge in [0.2, 0.25) is 0 Å². The average molecular weight is 398 g/mol. The molecule has 3 rings (SSSR count). The number of ether oxygens (including phenoxy) is 1. The van der Waals surface area contributed by atoms with Crippen LogP contribution in [0.2, 0.25) is 0 Å². The van der Waals surface area contributed by atoms with Gasteiger partial charge in [-0.1, -0.05) is 43.5 Å². The summed E-state index contributed by atoms with van der Waals surface area (Å²) < 4.78 is 53.7. The van der Waals surface area contributed by atoms with Gasteiger partial charge in [0.05, 0.1) is 6.67 Å². The second-order valence-electron chi connectivity index (χ2n) is 8.31. The van der Waals surface area contributed by atoms with Crippen molar-refractivity contribution in [2.24, 2.45) is 11.8 Å². The molecular formula is C23H30F4O. The first-order chi connectivity index (χ1) is 13.4. The molecule has 5 heteroatoms. The van der Waals surface area contributed by atoms with E-state index in [4.69, 9.17) is 0 Å². The fraction of sp³-hybridized carbons (Fsp3) is 0.652. The predicted molar refractivity (Wildman–Crippen MR) is 103 cm³/mol. The standard InChI is InChI=1S/C23H30F4O/c24-17-5-2-6-18-7-9-19(10-8-18)22(15-3-1-4-16-22)20-11-13-21(14-12-20)28-23(25,26)27/h2,6,11-14,18-19H,1,3-5,7-10,15-17H2. The molecule has 1 aromatic carbocycles. The topological polar surface area (TPSA) is 9.23 Å². The van der Waals surface area contributed by atoms with Crippen molar-refractivity contribution in [1.29, 1.82) is 0 Å².